The van der Waals surface area contributed by atoms with Gasteiger partial charge in [0.25, 0.3) is 0 Å². The summed E-state index contributed by atoms with van der Waals surface area (Å²) in [6, 6.07) is -0.467. The molecule has 0 saturated carbocycles. The first-order valence-electron chi connectivity index (χ1n) is 6.73. The number of carbonyl (C=O) groups is 1. The second-order valence-corrected chi connectivity index (χ2v) is 5.05. The molecule has 0 fully saturated rings. The van der Waals surface area contributed by atoms with E-state index in [4.69, 9.17) is 5.73 Å². The van der Waals surface area contributed by atoms with Crippen molar-refractivity contribution in [2.45, 2.75) is 59.0 Å². The minimum atomic E-state index is -0.467. The van der Waals surface area contributed by atoms with E-state index in [1.807, 2.05) is 24.7 Å². The molecule has 102 valence electrons. The van der Waals surface area contributed by atoms with Gasteiger partial charge in [-0.3, -0.25) is 9.48 Å². The highest BCUT2D eigenvalue weighted by Crippen LogP contribution is 2.05. The van der Waals surface area contributed by atoms with Gasteiger partial charge in [-0.25, -0.2) is 0 Å². The lowest BCUT2D eigenvalue weighted by molar-refractivity contribution is -0.123. The van der Waals surface area contributed by atoms with Crippen LogP contribution in [0.25, 0.3) is 0 Å². The summed E-state index contributed by atoms with van der Waals surface area (Å²) in [7, 11) is 0. The van der Waals surface area contributed by atoms with Gasteiger partial charge in [0.2, 0.25) is 0 Å². The van der Waals surface area contributed by atoms with Gasteiger partial charge in [-0.1, -0.05) is 38.8 Å². The van der Waals surface area contributed by atoms with Crippen LogP contribution in [0.5, 0.6) is 0 Å². The lowest BCUT2D eigenvalue weighted by atomic mass is 9.99. The maximum absolute atomic E-state index is 11.7. The number of hydrogen-bond donors (Lipinski definition) is 1. The smallest absolute Gasteiger partial charge is 0.152 e. The minimum absolute atomic E-state index is 0.0281. The van der Waals surface area contributed by atoms with Gasteiger partial charge in [-0.15, -0.1) is 5.10 Å². The molecule has 2 N–H and O–H groups in total. The fourth-order valence-electron chi connectivity index (χ4n) is 1.82. The number of carbonyl (C=O) groups excluding carboxylic acids is 1. The van der Waals surface area contributed by atoms with Crippen molar-refractivity contribution in [3.63, 3.8) is 0 Å². The molecule has 0 aliphatic heterocycles. The number of rotatable bonds is 8. The van der Waals surface area contributed by atoms with Crippen molar-refractivity contribution in [3.8, 4) is 0 Å². The first-order chi connectivity index (χ1) is 8.54. The average Bonchev–Trinajstić information content (AvgIpc) is 2.76. The first-order valence-corrected chi connectivity index (χ1v) is 6.73. The van der Waals surface area contributed by atoms with Crippen LogP contribution in [0.3, 0.4) is 0 Å². The summed E-state index contributed by atoms with van der Waals surface area (Å²) in [5.41, 5.74) is 6.65. The van der Waals surface area contributed by atoms with Crippen molar-refractivity contribution in [3.05, 3.63) is 11.9 Å². The Kier molecular flexibility index (Phi) is 5.98. The Morgan fingerprint density at radius 3 is 2.78 bits per heavy atom. The van der Waals surface area contributed by atoms with Crippen molar-refractivity contribution in [2.24, 2.45) is 11.7 Å². The quantitative estimate of drug-likeness (QED) is 0.713. The molecule has 0 saturated heterocycles. The predicted molar refractivity (Wildman–Crippen MR) is 71.1 cm³/mol. The van der Waals surface area contributed by atoms with E-state index in [1.54, 1.807) is 0 Å². The Hall–Kier alpha value is -1.23. The van der Waals surface area contributed by atoms with Gasteiger partial charge in [-0.2, -0.15) is 0 Å². The molecule has 0 bridgehead atoms. The van der Waals surface area contributed by atoms with Gasteiger partial charge in [0.15, 0.2) is 5.78 Å². The van der Waals surface area contributed by atoms with E-state index in [1.165, 1.54) is 12.8 Å². The molecular formula is C13H24N4O. The molecular weight excluding hydrogens is 228 g/mol. The van der Waals surface area contributed by atoms with E-state index < -0.39 is 6.04 Å². The normalized spacial score (nSPS) is 12.9. The van der Waals surface area contributed by atoms with Gasteiger partial charge >= 0.3 is 0 Å². The standard InChI is InChI=1S/C13H24N4O/c1-4-5-6-7-17-9-11(15-16-17)8-12(14)13(18)10(2)3/h9-10,12H,4-8,14H2,1-3H3. The lowest BCUT2D eigenvalue weighted by Crippen LogP contribution is -2.35. The number of ketones is 1. The maximum atomic E-state index is 11.7. The molecule has 1 unspecified atom stereocenters. The number of unbranched alkanes of at least 4 members (excludes halogenated alkanes) is 2. The van der Waals surface area contributed by atoms with Crippen LogP contribution in [0.2, 0.25) is 0 Å². The molecule has 1 aromatic rings. The highest BCUT2D eigenvalue weighted by atomic mass is 16.1. The zero-order valence-electron chi connectivity index (χ0n) is 11.6. The number of nitrogens with two attached hydrogens (primary N) is 1. The number of aryl methyl sites for hydroxylation is 1. The molecule has 0 amide bonds. The van der Waals surface area contributed by atoms with Gasteiger partial charge in [-0.05, 0) is 6.42 Å². The Morgan fingerprint density at radius 2 is 2.17 bits per heavy atom. The van der Waals surface area contributed by atoms with Crippen molar-refractivity contribution < 1.29 is 4.79 Å². The van der Waals surface area contributed by atoms with Crippen molar-refractivity contribution in [1.29, 1.82) is 0 Å². The minimum Gasteiger partial charge on any atom is -0.321 e. The topological polar surface area (TPSA) is 73.8 Å². The third-order valence-corrected chi connectivity index (χ3v) is 2.94. The van der Waals surface area contributed by atoms with Crippen molar-refractivity contribution in [2.75, 3.05) is 0 Å². The number of aromatic nitrogens is 3. The molecule has 1 aromatic heterocycles. The second-order valence-electron chi connectivity index (χ2n) is 5.05. The molecule has 0 aliphatic rings. The Bertz CT molecular complexity index is 373. The van der Waals surface area contributed by atoms with E-state index in [9.17, 15) is 4.79 Å². The van der Waals surface area contributed by atoms with E-state index in [0.717, 1.165) is 18.7 Å². The highest BCUT2D eigenvalue weighted by molar-refractivity contribution is 5.85. The summed E-state index contributed by atoms with van der Waals surface area (Å²) < 4.78 is 1.83. The summed E-state index contributed by atoms with van der Waals surface area (Å²) in [6.45, 7) is 6.78. The molecule has 1 heterocycles. The van der Waals surface area contributed by atoms with E-state index >= 15 is 0 Å². The lowest BCUT2D eigenvalue weighted by Gasteiger charge is -2.10. The van der Waals surface area contributed by atoms with Crippen LogP contribution < -0.4 is 5.73 Å². The SMILES string of the molecule is CCCCCn1cc(CC(N)C(=O)C(C)C)nn1. The summed E-state index contributed by atoms with van der Waals surface area (Å²) in [5.74, 6) is 0.0510. The Balaban J connectivity index is 2.45. The molecule has 0 aliphatic carbocycles. The molecule has 5 nitrogen and oxygen atoms in total. The average molecular weight is 252 g/mol. The fourth-order valence-corrected chi connectivity index (χ4v) is 1.82. The van der Waals surface area contributed by atoms with Gasteiger partial charge in [0.1, 0.15) is 0 Å². The van der Waals surface area contributed by atoms with E-state index in [-0.39, 0.29) is 11.7 Å². The highest BCUT2D eigenvalue weighted by Gasteiger charge is 2.18. The summed E-state index contributed by atoms with van der Waals surface area (Å²) in [4.78, 5) is 11.7. The maximum Gasteiger partial charge on any atom is 0.152 e. The van der Waals surface area contributed by atoms with Gasteiger partial charge in [0, 0.05) is 25.1 Å². The molecule has 0 aromatic carbocycles. The zero-order chi connectivity index (χ0) is 13.5. The van der Waals surface area contributed by atoms with E-state index in [2.05, 4.69) is 17.2 Å². The zero-order valence-corrected chi connectivity index (χ0v) is 11.6. The fraction of sp³-hybridized carbons (Fsp3) is 0.769. The van der Waals surface area contributed by atoms with Crippen LogP contribution in [0, 0.1) is 5.92 Å². The van der Waals surface area contributed by atoms with Crippen LogP contribution in [0.15, 0.2) is 6.20 Å². The summed E-state index contributed by atoms with van der Waals surface area (Å²) in [5, 5.41) is 8.10. The van der Waals surface area contributed by atoms with Crippen molar-refractivity contribution in [1.82, 2.24) is 15.0 Å². The Morgan fingerprint density at radius 1 is 1.44 bits per heavy atom. The number of hydrogen-bond acceptors (Lipinski definition) is 4. The first kappa shape index (κ1) is 14.8. The number of nitrogens with zero attached hydrogens (tertiary/aromatic N) is 3. The third-order valence-electron chi connectivity index (χ3n) is 2.94. The Labute approximate surface area is 109 Å². The second kappa shape index (κ2) is 7.26. The van der Waals surface area contributed by atoms with Crippen LogP contribution in [-0.4, -0.2) is 26.8 Å². The van der Waals surface area contributed by atoms with E-state index in [0.29, 0.717) is 6.42 Å². The van der Waals surface area contributed by atoms with Gasteiger partial charge < -0.3 is 5.73 Å². The molecule has 1 atom stereocenters. The number of Topliss-reactive ketones (excluding diaryl/α,β-unsaturated/α-hetero) is 1. The predicted octanol–water partition coefficient (Wildman–Crippen LogP) is 1.56. The third kappa shape index (κ3) is 4.56. The van der Waals surface area contributed by atoms with Crippen LogP contribution in [-0.2, 0) is 17.8 Å². The molecule has 5 heteroatoms. The van der Waals surface area contributed by atoms with Crippen LogP contribution >= 0.6 is 0 Å². The largest absolute Gasteiger partial charge is 0.321 e. The van der Waals surface area contributed by atoms with Crippen molar-refractivity contribution >= 4 is 5.78 Å². The van der Waals surface area contributed by atoms with Crippen LogP contribution in [0.4, 0.5) is 0 Å². The van der Waals surface area contributed by atoms with Crippen LogP contribution in [0.1, 0.15) is 45.7 Å². The summed E-state index contributed by atoms with van der Waals surface area (Å²) >= 11 is 0. The summed E-state index contributed by atoms with van der Waals surface area (Å²) in [6.07, 6.45) is 5.86. The molecule has 0 radical (unpaired) electrons. The van der Waals surface area contributed by atoms with Gasteiger partial charge in [0.05, 0.1) is 11.7 Å². The molecule has 18 heavy (non-hydrogen) atoms. The monoisotopic (exact) mass is 252 g/mol. The molecule has 1 rings (SSSR count). The molecule has 0 spiro atoms.